The van der Waals surface area contributed by atoms with E-state index in [0.717, 1.165) is 31.7 Å². The molecule has 2 aromatic carbocycles. The lowest BCUT2D eigenvalue weighted by Crippen LogP contribution is -2.55. The van der Waals surface area contributed by atoms with E-state index in [1.807, 2.05) is 39.0 Å². The smallest absolute Gasteiger partial charge is 0.251 e. The Hall–Kier alpha value is -2.86. The van der Waals surface area contributed by atoms with Gasteiger partial charge in [-0.25, -0.2) is 0 Å². The first-order chi connectivity index (χ1) is 15.3. The molecule has 0 aromatic heterocycles. The number of benzene rings is 2. The van der Waals surface area contributed by atoms with Crippen LogP contribution in [0.5, 0.6) is 0 Å². The first-order valence-electron chi connectivity index (χ1n) is 11.5. The molecular formula is C26H36N4O2. The highest BCUT2D eigenvalue weighted by molar-refractivity contribution is 5.97. The van der Waals surface area contributed by atoms with Crippen molar-refractivity contribution in [2.45, 2.75) is 39.8 Å². The Bertz CT molecular complexity index is 874. The van der Waals surface area contributed by atoms with E-state index in [9.17, 15) is 9.59 Å². The number of piperazine rings is 1. The van der Waals surface area contributed by atoms with Crippen LogP contribution in [0.4, 0.5) is 5.69 Å². The fourth-order valence-electron chi connectivity index (χ4n) is 4.01. The van der Waals surface area contributed by atoms with Crippen molar-refractivity contribution in [2.24, 2.45) is 5.92 Å². The van der Waals surface area contributed by atoms with Crippen LogP contribution < -0.4 is 15.5 Å². The van der Waals surface area contributed by atoms with Crippen LogP contribution in [-0.4, -0.2) is 61.5 Å². The second-order valence-electron chi connectivity index (χ2n) is 9.01. The Labute approximate surface area is 192 Å². The molecule has 1 fully saturated rings. The third kappa shape index (κ3) is 6.33. The molecule has 0 bridgehead atoms. The van der Waals surface area contributed by atoms with Crippen LogP contribution in [0.3, 0.4) is 0 Å². The summed E-state index contributed by atoms with van der Waals surface area (Å²) in [5.74, 6) is -0.353. The molecule has 0 saturated carbocycles. The number of hydrogen-bond acceptors (Lipinski definition) is 4. The van der Waals surface area contributed by atoms with Crippen LogP contribution in [0.2, 0.25) is 0 Å². The number of nitrogens with one attached hydrogen (secondary N) is 2. The molecule has 1 aliphatic heterocycles. The molecule has 6 nitrogen and oxygen atoms in total. The van der Waals surface area contributed by atoms with Gasteiger partial charge in [0.2, 0.25) is 5.91 Å². The summed E-state index contributed by atoms with van der Waals surface area (Å²) >= 11 is 0. The second kappa shape index (κ2) is 11.1. The van der Waals surface area contributed by atoms with Crippen molar-refractivity contribution in [3.8, 4) is 0 Å². The fourth-order valence-corrected chi connectivity index (χ4v) is 4.01. The lowest BCUT2D eigenvalue weighted by molar-refractivity contribution is -0.124. The van der Waals surface area contributed by atoms with Crippen molar-refractivity contribution in [2.75, 3.05) is 37.6 Å². The number of para-hydroxylation sites is 1. The maximum absolute atomic E-state index is 12.9. The normalized spacial score (nSPS) is 16.5. The van der Waals surface area contributed by atoms with Crippen molar-refractivity contribution in [3.63, 3.8) is 0 Å². The zero-order chi connectivity index (χ0) is 23.1. The van der Waals surface area contributed by atoms with E-state index in [1.54, 1.807) is 12.1 Å². The Morgan fingerprint density at radius 3 is 2.12 bits per heavy atom. The SMILES string of the molecule is Cc1ccc(C(=O)NC(C(=O)NCC(C)N2CCN(c3ccccc3)CC2)C(C)C)cc1. The summed E-state index contributed by atoms with van der Waals surface area (Å²) in [7, 11) is 0. The summed E-state index contributed by atoms with van der Waals surface area (Å²) in [6.07, 6.45) is 0. The number of anilines is 1. The van der Waals surface area contributed by atoms with Gasteiger partial charge in [-0.3, -0.25) is 14.5 Å². The van der Waals surface area contributed by atoms with E-state index in [4.69, 9.17) is 0 Å². The average molecular weight is 437 g/mol. The molecular weight excluding hydrogens is 400 g/mol. The molecule has 2 aromatic rings. The Morgan fingerprint density at radius 2 is 1.53 bits per heavy atom. The minimum absolute atomic E-state index is 0.00544. The molecule has 0 aliphatic carbocycles. The van der Waals surface area contributed by atoms with Crippen molar-refractivity contribution < 1.29 is 9.59 Å². The summed E-state index contributed by atoms with van der Waals surface area (Å²) in [4.78, 5) is 30.3. The van der Waals surface area contributed by atoms with Gasteiger partial charge < -0.3 is 15.5 Å². The van der Waals surface area contributed by atoms with Crippen molar-refractivity contribution in [1.82, 2.24) is 15.5 Å². The molecule has 0 spiro atoms. The largest absolute Gasteiger partial charge is 0.369 e. The van der Waals surface area contributed by atoms with Gasteiger partial charge in [-0.2, -0.15) is 0 Å². The summed E-state index contributed by atoms with van der Waals surface area (Å²) in [6, 6.07) is 17.5. The predicted molar refractivity (Wildman–Crippen MR) is 130 cm³/mol. The highest BCUT2D eigenvalue weighted by Crippen LogP contribution is 2.16. The van der Waals surface area contributed by atoms with Gasteiger partial charge in [0, 0.05) is 50.0 Å². The highest BCUT2D eigenvalue weighted by atomic mass is 16.2. The molecule has 2 atom stereocenters. The minimum atomic E-state index is -0.564. The number of carbonyl (C=O) groups is 2. The molecule has 1 heterocycles. The van der Waals surface area contributed by atoms with Gasteiger partial charge in [-0.1, -0.05) is 49.7 Å². The Morgan fingerprint density at radius 1 is 0.906 bits per heavy atom. The van der Waals surface area contributed by atoms with Gasteiger partial charge in [0.05, 0.1) is 0 Å². The first-order valence-corrected chi connectivity index (χ1v) is 11.5. The van der Waals surface area contributed by atoms with Gasteiger partial charge >= 0.3 is 0 Å². The number of amides is 2. The van der Waals surface area contributed by atoms with Crippen molar-refractivity contribution >= 4 is 17.5 Å². The molecule has 32 heavy (non-hydrogen) atoms. The van der Waals surface area contributed by atoms with Crippen LogP contribution in [0.15, 0.2) is 54.6 Å². The lowest BCUT2D eigenvalue weighted by Gasteiger charge is -2.39. The van der Waals surface area contributed by atoms with Crippen LogP contribution in [0.1, 0.15) is 36.7 Å². The zero-order valence-electron chi connectivity index (χ0n) is 19.7. The lowest BCUT2D eigenvalue weighted by atomic mass is 10.0. The molecule has 172 valence electrons. The number of rotatable bonds is 8. The maximum Gasteiger partial charge on any atom is 0.251 e. The van der Waals surface area contributed by atoms with Crippen LogP contribution in [0.25, 0.3) is 0 Å². The molecule has 0 radical (unpaired) electrons. The first kappa shape index (κ1) is 23.8. The summed E-state index contributed by atoms with van der Waals surface area (Å²) in [5.41, 5.74) is 2.93. The van der Waals surface area contributed by atoms with E-state index in [0.29, 0.717) is 12.1 Å². The monoisotopic (exact) mass is 436 g/mol. The van der Waals surface area contributed by atoms with E-state index in [2.05, 4.69) is 51.6 Å². The van der Waals surface area contributed by atoms with Gasteiger partial charge in [0.15, 0.2) is 0 Å². The fraction of sp³-hybridized carbons (Fsp3) is 0.462. The number of carbonyl (C=O) groups excluding carboxylic acids is 2. The van der Waals surface area contributed by atoms with Crippen molar-refractivity contribution in [3.05, 3.63) is 65.7 Å². The summed E-state index contributed by atoms with van der Waals surface area (Å²) < 4.78 is 0. The van der Waals surface area contributed by atoms with Gasteiger partial charge in [-0.15, -0.1) is 0 Å². The summed E-state index contributed by atoms with van der Waals surface area (Å²) in [5, 5.41) is 5.97. The number of nitrogens with zero attached hydrogens (tertiary/aromatic N) is 2. The van der Waals surface area contributed by atoms with Gasteiger partial charge in [-0.05, 0) is 44.0 Å². The molecule has 2 amide bonds. The molecule has 2 unspecified atom stereocenters. The molecule has 2 N–H and O–H groups in total. The van der Waals surface area contributed by atoms with Gasteiger partial charge in [0.1, 0.15) is 6.04 Å². The van der Waals surface area contributed by atoms with E-state index in [1.165, 1.54) is 5.69 Å². The Balaban J connectivity index is 1.48. The van der Waals surface area contributed by atoms with Crippen LogP contribution in [0, 0.1) is 12.8 Å². The van der Waals surface area contributed by atoms with Crippen LogP contribution in [-0.2, 0) is 4.79 Å². The van der Waals surface area contributed by atoms with E-state index < -0.39 is 6.04 Å². The zero-order valence-corrected chi connectivity index (χ0v) is 19.7. The minimum Gasteiger partial charge on any atom is -0.369 e. The maximum atomic E-state index is 12.9. The van der Waals surface area contributed by atoms with E-state index in [-0.39, 0.29) is 23.8 Å². The second-order valence-corrected chi connectivity index (χ2v) is 9.01. The summed E-state index contributed by atoms with van der Waals surface area (Å²) in [6.45, 7) is 12.5. The predicted octanol–water partition coefficient (Wildman–Crippen LogP) is 3.08. The highest BCUT2D eigenvalue weighted by Gasteiger charge is 2.26. The van der Waals surface area contributed by atoms with Gasteiger partial charge in [0.25, 0.3) is 5.91 Å². The molecule has 6 heteroatoms. The van der Waals surface area contributed by atoms with E-state index >= 15 is 0 Å². The third-order valence-electron chi connectivity index (χ3n) is 6.18. The van der Waals surface area contributed by atoms with Crippen molar-refractivity contribution in [1.29, 1.82) is 0 Å². The standard InChI is InChI=1S/C26H36N4O2/c1-19(2)24(28-25(31)22-12-10-20(3)11-13-22)26(32)27-18-21(4)29-14-16-30(17-15-29)23-8-6-5-7-9-23/h5-13,19,21,24H,14-18H2,1-4H3,(H,27,32)(H,28,31). The Kier molecular flexibility index (Phi) is 8.28. The molecule has 1 aliphatic rings. The quantitative estimate of drug-likeness (QED) is 0.668. The molecule has 1 saturated heterocycles. The topological polar surface area (TPSA) is 64.7 Å². The number of aryl methyl sites for hydroxylation is 1. The average Bonchev–Trinajstić information content (AvgIpc) is 2.81. The molecule has 3 rings (SSSR count). The third-order valence-corrected chi connectivity index (χ3v) is 6.18. The van der Waals surface area contributed by atoms with Crippen LogP contribution >= 0.6 is 0 Å². The number of hydrogen-bond donors (Lipinski definition) is 2.